The number of aliphatic carboxylic acids is 1. The topological polar surface area (TPSA) is 87.0 Å². The van der Waals surface area contributed by atoms with Gasteiger partial charge in [0.25, 0.3) is 0 Å². The van der Waals surface area contributed by atoms with Gasteiger partial charge in [-0.05, 0) is 73.5 Å². The van der Waals surface area contributed by atoms with E-state index in [4.69, 9.17) is 9.84 Å². The Morgan fingerprint density at radius 3 is 2.76 bits per heavy atom. The van der Waals surface area contributed by atoms with Crippen molar-refractivity contribution in [2.75, 3.05) is 6.61 Å². The quantitative estimate of drug-likeness (QED) is 0.405. The van der Waals surface area contributed by atoms with Crippen LogP contribution >= 0.6 is 0 Å². The third kappa shape index (κ3) is 6.44. The number of carboxylic acid groups (broad SMARTS) is 1. The maximum atomic E-state index is 10.8. The summed E-state index contributed by atoms with van der Waals surface area (Å²) in [5.74, 6) is 0.768. The molecule has 2 aliphatic rings. The number of benzene rings is 1. The van der Waals surface area contributed by atoms with Gasteiger partial charge in [0, 0.05) is 0 Å². The van der Waals surface area contributed by atoms with Gasteiger partial charge in [-0.1, -0.05) is 38.3 Å². The van der Waals surface area contributed by atoms with Crippen molar-refractivity contribution in [1.82, 2.24) is 0 Å². The van der Waals surface area contributed by atoms with Crippen LogP contribution in [0.3, 0.4) is 0 Å². The Labute approximate surface area is 196 Å². The van der Waals surface area contributed by atoms with Crippen molar-refractivity contribution in [3.05, 3.63) is 29.3 Å². The summed E-state index contributed by atoms with van der Waals surface area (Å²) in [6.45, 7) is 1.84. The van der Waals surface area contributed by atoms with Crippen LogP contribution in [-0.4, -0.2) is 69.7 Å². The molecule has 29 heavy (non-hydrogen) atoms. The monoisotopic (exact) mass is 414 g/mol. The molecule has 1 saturated carbocycles. The Hall–Kier alpha value is -0.590. The van der Waals surface area contributed by atoms with Gasteiger partial charge in [0.15, 0.2) is 6.61 Å². The van der Waals surface area contributed by atoms with Gasteiger partial charge < -0.3 is 20.1 Å². The van der Waals surface area contributed by atoms with Gasteiger partial charge in [-0.25, -0.2) is 4.79 Å². The normalized spacial score (nSPS) is 26.2. The van der Waals surface area contributed by atoms with Gasteiger partial charge in [-0.2, -0.15) is 0 Å². The Bertz CT molecular complexity index is 665. The van der Waals surface area contributed by atoms with Gasteiger partial charge in [-0.3, -0.25) is 0 Å². The number of ether oxygens (including phenoxy) is 1. The van der Waals surface area contributed by atoms with Crippen LogP contribution in [0.4, 0.5) is 0 Å². The first kappa shape index (κ1) is 24.7. The van der Waals surface area contributed by atoms with Crippen LogP contribution in [0.25, 0.3) is 0 Å². The zero-order chi connectivity index (χ0) is 20.1. The van der Waals surface area contributed by atoms with Gasteiger partial charge in [0.05, 0.1) is 12.2 Å². The second-order valence-corrected chi connectivity index (χ2v) is 8.60. The third-order valence-electron chi connectivity index (χ3n) is 6.67. The summed E-state index contributed by atoms with van der Waals surface area (Å²) in [7, 11) is 0. The van der Waals surface area contributed by atoms with Crippen molar-refractivity contribution in [3.63, 3.8) is 0 Å². The summed E-state index contributed by atoms with van der Waals surface area (Å²) in [6.07, 6.45) is 7.85. The minimum absolute atomic E-state index is 0. The number of aliphatic hydroxyl groups excluding tert-OH is 2. The van der Waals surface area contributed by atoms with E-state index in [-0.39, 0.29) is 54.3 Å². The molecular weight excluding hydrogens is 379 g/mol. The number of aliphatic hydroxyl groups is 2. The number of fused-ring (bicyclic) bond motifs is 2. The van der Waals surface area contributed by atoms with E-state index in [1.165, 1.54) is 5.56 Å². The standard InChI is InChI=1S/C23H34O5.Na.H/c1-2-3-4-7-17(24)9-10-18-19-11-15-6-5-8-22(28-14-23(26)27)20(15)12-16(19)13-21(18)25;;/h5-6,8,16-19,21,24-25H,2-4,7,9-14H2,1H3,(H,26,27);;/t16-,17-,18-,19-,21-;;/m0../s1. The molecule has 0 radical (unpaired) electrons. The second kappa shape index (κ2) is 11.7. The first-order valence-electron chi connectivity index (χ1n) is 10.8. The van der Waals surface area contributed by atoms with E-state index in [2.05, 4.69) is 13.0 Å². The molecule has 0 amide bonds. The molecule has 3 rings (SSSR count). The van der Waals surface area contributed by atoms with E-state index in [0.29, 0.717) is 17.6 Å². The summed E-state index contributed by atoms with van der Waals surface area (Å²) in [5.41, 5.74) is 2.32. The molecule has 6 heteroatoms. The van der Waals surface area contributed by atoms with Gasteiger partial charge in [-0.15, -0.1) is 0 Å². The molecule has 0 heterocycles. The summed E-state index contributed by atoms with van der Waals surface area (Å²) in [5, 5.41) is 29.8. The fourth-order valence-corrected chi connectivity index (χ4v) is 5.24. The average Bonchev–Trinajstić information content (AvgIpc) is 2.97. The van der Waals surface area contributed by atoms with Crippen molar-refractivity contribution in [1.29, 1.82) is 0 Å². The van der Waals surface area contributed by atoms with Crippen molar-refractivity contribution >= 4 is 35.5 Å². The van der Waals surface area contributed by atoms with Crippen LogP contribution in [-0.2, 0) is 17.6 Å². The molecule has 1 fully saturated rings. The van der Waals surface area contributed by atoms with Crippen LogP contribution in [0.5, 0.6) is 5.75 Å². The Balaban J connectivity index is 0.00000300. The molecule has 158 valence electrons. The van der Waals surface area contributed by atoms with Crippen molar-refractivity contribution < 1.29 is 24.9 Å². The first-order chi connectivity index (χ1) is 13.5. The molecule has 1 aromatic carbocycles. The van der Waals surface area contributed by atoms with E-state index < -0.39 is 5.97 Å². The molecule has 1 aromatic rings. The van der Waals surface area contributed by atoms with E-state index in [1.54, 1.807) is 0 Å². The molecule has 3 N–H and O–H groups in total. The molecule has 0 aliphatic heterocycles. The van der Waals surface area contributed by atoms with E-state index in [0.717, 1.165) is 63.4 Å². The van der Waals surface area contributed by atoms with Crippen LogP contribution < -0.4 is 4.74 Å². The SMILES string of the molecule is CCCCC[C@H](O)CC[C@H]1[C@H]2Cc3cccc(OCC(=O)O)c3C[C@H]2C[C@@H]1O.[NaH]. The van der Waals surface area contributed by atoms with Crippen LogP contribution in [0.1, 0.15) is 63.0 Å². The molecule has 2 aliphatic carbocycles. The first-order valence-corrected chi connectivity index (χ1v) is 10.8. The molecule has 0 spiro atoms. The van der Waals surface area contributed by atoms with Gasteiger partial charge >= 0.3 is 35.5 Å². The predicted molar refractivity (Wildman–Crippen MR) is 115 cm³/mol. The third-order valence-corrected chi connectivity index (χ3v) is 6.67. The van der Waals surface area contributed by atoms with Crippen LogP contribution in [0.15, 0.2) is 18.2 Å². The zero-order valence-corrected chi connectivity index (χ0v) is 16.8. The second-order valence-electron chi connectivity index (χ2n) is 8.60. The summed E-state index contributed by atoms with van der Waals surface area (Å²) in [4.78, 5) is 10.8. The molecular formula is C23H35NaO5. The predicted octanol–water partition coefficient (Wildman–Crippen LogP) is 2.93. The van der Waals surface area contributed by atoms with Crippen molar-refractivity contribution in [3.8, 4) is 5.75 Å². The zero-order valence-electron chi connectivity index (χ0n) is 16.8. The van der Waals surface area contributed by atoms with Gasteiger partial charge in [0.2, 0.25) is 0 Å². The molecule has 0 bridgehead atoms. The molecule has 0 unspecified atom stereocenters. The van der Waals surface area contributed by atoms with Crippen molar-refractivity contribution in [2.24, 2.45) is 17.8 Å². The van der Waals surface area contributed by atoms with Crippen LogP contribution in [0.2, 0.25) is 0 Å². The molecule has 0 aromatic heterocycles. The molecule has 5 nitrogen and oxygen atoms in total. The number of unbranched alkanes of at least 4 members (excludes halogenated alkanes) is 2. The fourth-order valence-electron chi connectivity index (χ4n) is 5.24. The van der Waals surface area contributed by atoms with Crippen LogP contribution in [0, 0.1) is 17.8 Å². The number of hydrogen-bond donors (Lipinski definition) is 3. The summed E-state index contributed by atoms with van der Waals surface area (Å²) >= 11 is 0. The number of rotatable bonds is 10. The summed E-state index contributed by atoms with van der Waals surface area (Å²) in [6, 6.07) is 5.87. The molecule has 5 atom stereocenters. The Morgan fingerprint density at radius 1 is 1.24 bits per heavy atom. The summed E-state index contributed by atoms with van der Waals surface area (Å²) < 4.78 is 5.50. The minimum atomic E-state index is -0.972. The average molecular weight is 415 g/mol. The Kier molecular flexibility index (Phi) is 9.96. The van der Waals surface area contributed by atoms with E-state index in [1.807, 2.05) is 12.1 Å². The van der Waals surface area contributed by atoms with E-state index in [9.17, 15) is 15.0 Å². The maximum absolute atomic E-state index is 10.8. The fraction of sp³-hybridized carbons (Fsp3) is 0.696. The molecule has 0 saturated heterocycles. The van der Waals surface area contributed by atoms with Gasteiger partial charge in [0.1, 0.15) is 5.75 Å². The Morgan fingerprint density at radius 2 is 2.03 bits per heavy atom. The van der Waals surface area contributed by atoms with E-state index >= 15 is 0 Å². The van der Waals surface area contributed by atoms with Crippen molar-refractivity contribution in [2.45, 2.75) is 76.9 Å². The number of carbonyl (C=O) groups is 1. The number of carboxylic acids is 1. The number of hydrogen-bond acceptors (Lipinski definition) is 4.